The van der Waals surface area contributed by atoms with E-state index in [9.17, 15) is 24.3 Å². The number of rotatable bonds is 6. The zero-order valence-corrected chi connectivity index (χ0v) is 21.9. The van der Waals surface area contributed by atoms with Crippen LogP contribution in [0.4, 0.5) is 0 Å². The van der Waals surface area contributed by atoms with Crippen LogP contribution >= 0.6 is 0 Å². The van der Waals surface area contributed by atoms with Crippen LogP contribution in [0.2, 0.25) is 0 Å². The van der Waals surface area contributed by atoms with Crippen molar-refractivity contribution in [1.82, 2.24) is 9.80 Å². The van der Waals surface area contributed by atoms with E-state index in [1.807, 2.05) is 6.92 Å². The summed E-state index contributed by atoms with van der Waals surface area (Å²) in [5, 5.41) is 12.0. The fourth-order valence-electron chi connectivity index (χ4n) is 5.50. The zero-order chi connectivity index (χ0) is 27.8. The molecular formula is C29H30N2O7. The number of allylic oxidation sites excluding steroid dienone is 1. The number of ether oxygens (including phenoxy) is 2. The number of nitrogens with zero attached hydrogens (tertiary/aromatic N) is 2. The predicted molar refractivity (Wildman–Crippen MR) is 137 cm³/mol. The molecule has 1 N–H and O–H groups in total. The molecule has 198 valence electrons. The van der Waals surface area contributed by atoms with Gasteiger partial charge in [0.15, 0.2) is 5.78 Å². The SMILES string of the molecule is CCN1C(C)=C(C(=O)OC)[C@H](c2ccccc2)N2C(=O)[C@@](O)(C(=O)OC)[C@@H](c3ccccc3)C(C(C)=O)=C12. The Labute approximate surface area is 220 Å². The highest BCUT2D eigenvalue weighted by Gasteiger charge is 2.64. The number of ketones is 1. The molecule has 0 unspecified atom stereocenters. The van der Waals surface area contributed by atoms with Gasteiger partial charge >= 0.3 is 11.9 Å². The maximum Gasteiger partial charge on any atom is 0.348 e. The van der Waals surface area contributed by atoms with E-state index in [0.717, 1.165) is 7.11 Å². The molecule has 2 aromatic rings. The van der Waals surface area contributed by atoms with E-state index in [4.69, 9.17) is 9.47 Å². The Hall–Kier alpha value is -4.24. The lowest BCUT2D eigenvalue weighted by Crippen LogP contribution is -2.65. The number of hydrogen-bond donors (Lipinski definition) is 1. The van der Waals surface area contributed by atoms with Crippen molar-refractivity contribution in [2.45, 2.75) is 38.3 Å². The summed E-state index contributed by atoms with van der Waals surface area (Å²) < 4.78 is 10.1. The molecule has 9 heteroatoms. The number of benzene rings is 2. The third kappa shape index (κ3) is 3.90. The maximum atomic E-state index is 14.5. The van der Waals surface area contributed by atoms with Crippen LogP contribution in [0.3, 0.4) is 0 Å². The number of carbonyl (C=O) groups excluding carboxylic acids is 4. The number of hydrogen-bond acceptors (Lipinski definition) is 8. The average Bonchev–Trinajstić information content (AvgIpc) is 2.93. The molecule has 0 saturated heterocycles. The normalized spacial score (nSPS) is 23.3. The van der Waals surface area contributed by atoms with Gasteiger partial charge in [0.2, 0.25) is 0 Å². The Balaban J connectivity index is 2.20. The topological polar surface area (TPSA) is 113 Å². The molecule has 2 aliphatic heterocycles. The van der Waals surface area contributed by atoms with E-state index in [2.05, 4.69) is 0 Å². The molecular weight excluding hydrogens is 488 g/mol. The van der Waals surface area contributed by atoms with Gasteiger partial charge in [-0.1, -0.05) is 60.7 Å². The van der Waals surface area contributed by atoms with Crippen molar-refractivity contribution in [1.29, 1.82) is 0 Å². The van der Waals surface area contributed by atoms with Crippen molar-refractivity contribution < 1.29 is 33.8 Å². The van der Waals surface area contributed by atoms with Crippen molar-refractivity contribution in [2.75, 3.05) is 20.8 Å². The van der Waals surface area contributed by atoms with Gasteiger partial charge in [-0.15, -0.1) is 0 Å². The summed E-state index contributed by atoms with van der Waals surface area (Å²) in [5.74, 6) is -4.52. The molecule has 0 radical (unpaired) electrons. The molecule has 2 aromatic carbocycles. The van der Waals surface area contributed by atoms with Crippen molar-refractivity contribution in [3.8, 4) is 0 Å². The first-order chi connectivity index (χ1) is 18.1. The van der Waals surface area contributed by atoms with Crippen LogP contribution in [0.15, 0.2) is 83.3 Å². The van der Waals surface area contributed by atoms with Gasteiger partial charge in [-0.3, -0.25) is 14.5 Å². The van der Waals surface area contributed by atoms with Crippen LogP contribution in [0.25, 0.3) is 0 Å². The minimum absolute atomic E-state index is 0.0507. The summed E-state index contributed by atoms with van der Waals surface area (Å²) >= 11 is 0. The molecule has 38 heavy (non-hydrogen) atoms. The summed E-state index contributed by atoms with van der Waals surface area (Å²) in [7, 11) is 2.30. The van der Waals surface area contributed by atoms with E-state index >= 15 is 0 Å². The van der Waals surface area contributed by atoms with E-state index in [0.29, 0.717) is 16.8 Å². The maximum absolute atomic E-state index is 14.5. The lowest BCUT2D eigenvalue weighted by molar-refractivity contribution is -0.179. The van der Waals surface area contributed by atoms with Crippen LogP contribution in [0.5, 0.6) is 0 Å². The number of esters is 2. The van der Waals surface area contributed by atoms with Crippen LogP contribution < -0.4 is 0 Å². The van der Waals surface area contributed by atoms with Crippen molar-refractivity contribution >= 4 is 23.6 Å². The number of amides is 1. The number of fused-ring (bicyclic) bond motifs is 1. The number of Topliss-reactive ketones (excluding diaryl/α,β-unsaturated/α-hetero) is 1. The Morgan fingerprint density at radius 1 is 0.921 bits per heavy atom. The van der Waals surface area contributed by atoms with Gasteiger partial charge in [0.25, 0.3) is 11.5 Å². The Kier molecular flexibility index (Phi) is 7.24. The van der Waals surface area contributed by atoms with Crippen molar-refractivity contribution in [3.05, 3.63) is 94.5 Å². The minimum Gasteiger partial charge on any atom is -0.466 e. The second kappa shape index (κ2) is 10.3. The Morgan fingerprint density at radius 2 is 1.47 bits per heavy atom. The zero-order valence-electron chi connectivity index (χ0n) is 21.9. The summed E-state index contributed by atoms with van der Waals surface area (Å²) in [6, 6.07) is 16.0. The molecule has 0 fully saturated rings. The van der Waals surface area contributed by atoms with Gasteiger partial charge in [-0.25, -0.2) is 9.59 Å². The minimum atomic E-state index is -2.79. The van der Waals surface area contributed by atoms with Crippen LogP contribution in [0.1, 0.15) is 43.9 Å². The van der Waals surface area contributed by atoms with E-state index in [-0.39, 0.29) is 23.5 Å². The average molecular weight is 519 g/mol. The Bertz CT molecular complexity index is 1350. The first-order valence-corrected chi connectivity index (χ1v) is 12.2. The molecule has 1 amide bonds. The second-order valence-electron chi connectivity index (χ2n) is 9.12. The third-order valence-electron chi connectivity index (χ3n) is 7.15. The molecule has 0 bridgehead atoms. The second-order valence-corrected chi connectivity index (χ2v) is 9.12. The number of carbonyl (C=O) groups is 4. The molecule has 3 atom stereocenters. The van der Waals surface area contributed by atoms with Crippen LogP contribution in [0, 0.1) is 0 Å². The van der Waals surface area contributed by atoms with Gasteiger partial charge in [0.05, 0.1) is 31.8 Å². The highest BCUT2D eigenvalue weighted by atomic mass is 16.5. The van der Waals surface area contributed by atoms with Crippen molar-refractivity contribution in [2.24, 2.45) is 0 Å². The molecule has 2 aliphatic rings. The van der Waals surface area contributed by atoms with Gasteiger partial charge in [0.1, 0.15) is 5.82 Å². The first-order valence-electron chi connectivity index (χ1n) is 12.2. The quantitative estimate of drug-likeness (QED) is 0.459. The number of aliphatic hydroxyl groups is 1. The molecule has 2 heterocycles. The standard InChI is InChI=1S/C29H30N2O7/c1-6-30-17(2)21(26(33)37-4)24(20-15-11-8-12-16-20)31-25(30)22(18(3)32)23(19-13-9-7-10-14-19)29(36,27(31)34)28(35)38-5/h7-16,23-24,36H,6H2,1-5H3/t23-,24-,29+/m0/s1. The van der Waals surface area contributed by atoms with Gasteiger partial charge in [0, 0.05) is 17.8 Å². The Morgan fingerprint density at radius 3 is 1.95 bits per heavy atom. The fraction of sp³-hybridized carbons (Fsp3) is 0.310. The molecule has 0 aliphatic carbocycles. The molecule has 0 spiro atoms. The summed E-state index contributed by atoms with van der Waals surface area (Å²) in [6.07, 6.45) is 0. The third-order valence-corrected chi connectivity index (χ3v) is 7.15. The fourth-order valence-corrected chi connectivity index (χ4v) is 5.50. The molecule has 0 saturated carbocycles. The highest BCUT2D eigenvalue weighted by Crippen LogP contribution is 2.52. The van der Waals surface area contributed by atoms with Crippen molar-refractivity contribution in [3.63, 3.8) is 0 Å². The highest BCUT2D eigenvalue weighted by molar-refractivity contribution is 6.13. The van der Waals surface area contributed by atoms with E-state index in [1.54, 1.807) is 72.5 Å². The van der Waals surface area contributed by atoms with Crippen LogP contribution in [-0.2, 0) is 28.7 Å². The molecule has 9 nitrogen and oxygen atoms in total. The van der Waals surface area contributed by atoms with E-state index < -0.39 is 41.2 Å². The predicted octanol–water partition coefficient (Wildman–Crippen LogP) is 2.84. The summed E-state index contributed by atoms with van der Waals surface area (Å²) in [6.45, 7) is 5.14. The first kappa shape index (κ1) is 26.8. The smallest absolute Gasteiger partial charge is 0.348 e. The lowest BCUT2D eigenvalue weighted by Gasteiger charge is -2.52. The van der Waals surface area contributed by atoms with Gasteiger partial charge in [-0.05, 0) is 31.9 Å². The van der Waals surface area contributed by atoms with Crippen LogP contribution in [-0.4, -0.2) is 64.9 Å². The monoisotopic (exact) mass is 518 g/mol. The molecule has 4 rings (SSSR count). The largest absolute Gasteiger partial charge is 0.466 e. The lowest BCUT2D eigenvalue weighted by atomic mass is 9.71. The molecule has 0 aromatic heterocycles. The summed E-state index contributed by atoms with van der Waals surface area (Å²) in [4.78, 5) is 57.2. The summed E-state index contributed by atoms with van der Waals surface area (Å²) in [5.41, 5.74) is -1.19. The van der Waals surface area contributed by atoms with E-state index in [1.165, 1.54) is 18.9 Å². The number of methoxy groups -OCH3 is 2. The van der Waals surface area contributed by atoms with Gasteiger partial charge < -0.3 is 19.5 Å². The van der Waals surface area contributed by atoms with Gasteiger partial charge in [-0.2, -0.15) is 0 Å².